The van der Waals surface area contributed by atoms with Crippen LogP contribution >= 0.6 is 39.3 Å². The molecule has 0 radical (unpaired) electrons. The molecular formula is C16H17BrClNS. The topological polar surface area (TPSA) is 26.0 Å². The van der Waals surface area contributed by atoms with Gasteiger partial charge in [-0.2, -0.15) is 0 Å². The third kappa shape index (κ3) is 4.26. The summed E-state index contributed by atoms with van der Waals surface area (Å²) in [6, 6.07) is 14.5. The molecule has 20 heavy (non-hydrogen) atoms. The minimum absolute atomic E-state index is 0.178. The zero-order chi connectivity index (χ0) is 14.5. The molecule has 0 saturated heterocycles. The van der Waals surface area contributed by atoms with E-state index in [0.29, 0.717) is 0 Å². The van der Waals surface area contributed by atoms with Crippen LogP contribution in [0.15, 0.2) is 56.7 Å². The zero-order valence-corrected chi connectivity index (χ0v) is 14.4. The minimum Gasteiger partial charge on any atom is -0.327 e. The van der Waals surface area contributed by atoms with Crippen molar-refractivity contribution < 1.29 is 0 Å². The van der Waals surface area contributed by atoms with Crippen LogP contribution in [0.4, 0.5) is 0 Å². The Morgan fingerprint density at radius 1 is 1.20 bits per heavy atom. The Labute approximate surface area is 138 Å². The second-order valence-corrected chi connectivity index (χ2v) is 7.06. The van der Waals surface area contributed by atoms with Crippen LogP contribution in [-0.4, -0.2) is 6.04 Å². The largest absolute Gasteiger partial charge is 0.327 e. The van der Waals surface area contributed by atoms with Gasteiger partial charge >= 0.3 is 0 Å². The van der Waals surface area contributed by atoms with Gasteiger partial charge in [-0.25, -0.2) is 0 Å². The van der Waals surface area contributed by atoms with Crippen LogP contribution in [0.3, 0.4) is 0 Å². The normalized spacial score (nSPS) is 12.4. The van der Waals surface area contributed by atoms with Gasteiger partial charge in [-0.3, -0.25) is 0 Å². The molecule has 1 unspecified atom stereocenters. The van der Waals surface area contributed by atoms with Gasteiger partial charge in [0.2, 0.25) is 0 Å². The molecule has 4 heteroatoms. The number of halogens is 2. The highest BCUT2D eigenvalue weighted by molar-refractivity contribution is 9.10. The van der Waals surface area contributed by atoms with Crippen LogP contribution < -0.4 is 5.73 Å². The summed E-state index contributed by atoms with van der Waals surface area (Å²) in [4.78, 5) is 2.29. The van der Waals surface area contributed by atoms with Gasteiger partial charge in [-0.15, -0.1) is 0 Å². The Hall–Kier alpha value is -0.480. The van der Waals surface area contributed by atoms with Crippen molar-refractivity contribution in [1.82, 2.24) is 0 Å². The van der Waals surface area contributed by atoms with Gasteiger partial charge in [-0.1, -0.05) is 58.3 Å². The fourth-order valence-corrected chi connectivity index (χ4v) is 3.41. The molecule has 0 aliphatic rings. The van der Waals surface area contributed by atoms with E-state index in [1.54, 1.807) is 11.8 Å². The predicted octanol–water partition coefficient (Wildman–Crippen LogP) is 5.53. The highest BCUT2D eigenvalue weighted by atomic mass is 79.9. The quantitative estimate of drug-likeness (QED) is 0.748. The van der Waals surface area contributed by atoms with E-state index in [1.165, 1.54) is 10.5 Å². The standard InChI is InChI=1S/C16H17BrClNS/c1-2-13(19)10-11-4-3-5-15(18)16(11)20-14-8-6-12(17)7-9-14/h3-9,13H,2,10,19H2,1H3. The Morgan fingerprint density at radius 3 is 2.55 bits per heavy atom. The summed E-state index contributed by atoms with van der Waals surface area (Å²) in [6.45, 7) is 2.11. The molecule has 0 fully saturated rings. The maximum atomic E-state index is 6.37. The molecule has 106 valence electrons. The Bertz CT molecular complexity index is 571. The molecule has 0 aliphatic carbocycles. The number of rotatable bonds is 5. The van der Waals surface area contributed by atoms with Gasteiger partial charge in [0.1, 0.15) is 0 Å². The SMILES string of the molecule is CCC(N)Cc1cccc(Cl)c1Sc1ccc(Br)cc1. The summed E-state index contributed by atoms with van der Waals surface area (Å²) in [5, 5.41) is 0.790. The van der Waals surface area contributed by atoms with Crippen LogP contribution in [0.5, 0.6) is 0 Å². The van der Waals surface area contributed by atoms with Gasteiger partial charge in [0.05, 0.1) is 5.02 Å². The lowest BCUT2D eigenvalue weighted by Gasteiger charge is -2.14. The van der Waals surface area contributed by atoms with Crippen molar-refractivity contribution in [2.24, 2.45) is 5.73 Å². The lowest BCUT2D eigenvalue weighted by atomic mass is 10.0. The summed E-state index contributed by atoms with van der Waals surface area (Å²) < 4.78 is 1.08. The van der Waals surface area contributed by atoms with Crippen molar-refractivity contribution in [3.05, 3.63) is 57.5 Å². The van der Waals surface area contributed by atoms with Crippen LogP contribution in [0, 0.1) is 0 Å². The fourth-order valence-electron chi connectivity index (χ4n) is 1.88. The highest BCUT2D eigenvalue weighted by Gasteiger charge is 2.11. The Morgan fingerprint density at radius 2 is 1.90 bits per heavy atom. The van der Waals surface area contributed by atoms with Gasteiger partial charge in [0.25, 0.3) is 0 Å². The van der Waals surface area contributed by atoms with E-state index in [9.17, 15) is 0 Å². The first-order valence-corrected chi connectivity index (χ1v) is 8.55. The van der Waals surface area contributed by atoms with Crippen molar-refractivity contribution in [2.75, 3.05) is 0 Å². The molecule has 2 aromatic rings. The summed E-state index contributed by atoms with van der Waals surface area (Å²) in [5.74, 6) is 0. The van der Waals surface area contributed by atoms with Gasteiger partial charge in [0, 0.05) is 20.3 Å². The fraction of sp³-hybridized carbons (Fsp3) is 0.250. The predicted molar refractivity (Wildman–Crippen MR) is 91.7 cm³/mol. The number of hydrogen-bond acceptors (Lipinski definition) is 2. The van der Waals surface area contributed by atoms with Crippen molar-refractivity contribution in [3.8, 4) is 0 Å². The van der Waals surface area contributed by atoms with Crippen LogP contribution in [0.1, 0.15) is 18.9 Å². The van der Waals surface area contributed by atoms with E-state index in [4.69, 9.17) is 17.3 Å². The molecule has 2 aromatic carbocycles. The molecule has 1 atom stereocenters. The van der Waals surface area contributed by atoms with Crippen LogP contribution in [0.25, 0.3) is 0 Å². The smallest absolute Gasteiger partial charge is 0.0548 e. The molecule has 0 heterocycles. The first-order chi connectivity index (χ1) is 9.60. The molecule has 2 rings (SSSR count). The van der Waals surface area contributed by atoms with Crippen molar-refractivity contribution >= 4 is 39.3 Å². The van der Waals surface area contributed by atoms with Gasteiger partial charge < -0.3 is 5.73 Å². The second-order valence-electron chi connectivity index (χ2n) is 4.66. The van der Waals surface area contributed by atoms with Crippen LogP contribution in [0.2, 0.25) is 5.02 Å². The Kier molecular flexibility index (Phi) is 5.97. The monoisotopic (exact) mass is 369 g/mol. The van der Waals surface area contributed by atoms with E-state index >= 15 is 0 Å². The number of hydrogen-bond donors (Lipinski definition) is 1. The molecule has 0 aliphatic heterocycles. The summed E-state index contributed by atoms with van der Waals surface area (Å²) >= 11 is 11.5. The summed E-state index contributed by atoms with van der Waals surface area (Å²) in [7, 11) is 0. The summed E-state index contributed by atoms with van der Waals surface area (Å²) in [5.41, 5.74) is 7.30. The molecular weight excluding hydrogens is 354 g/mol. The maximum absolute atomic E-state index is 6.37. The number of nitrogens with two attached hydrogens (primary N) is 1. The third-order valence-corrected chi connectivity index (χ3v) is 5.24. The maximum Gasteiger partial charge on any atom is 0.0548 e. The minimum atomic E-state index is 0.178. The second kappa shape index (κ2) is 7.51. The molecule has 0 spiro atoms. The van der Waals surface area contributed by atoms with Gasteiger partial charge in [-0.05, 0) is 48.7 Å². The Balaban J connectivity index is 2.27. The van der Waals surface area contributed by atoms with Crippen molar-refractivity contribution in [3.63, 3.8) is 0 Å². The van der Waals surface area contributed by atoms with Crippen molar-refractivity contribution in [2.45, 2.75) is 35.6 Å². The van der Waals surface area contributed by atoms with E-state index in [0.717, 1.165) is 27.2 Å². The molecule has 2 N–H and O–H groups in total. The highest BCUT2D eigenvalue weighted by Crippen LogP contribution is 2.37. The summed E-state index contributed by atoms with van der Waals surface area (Å²) in [6.07, 6.45) is 1.82. The average molecular weight is 371 g/mol. The van der Waals surface area contributed by atoms with E-state index < -0.39 is 0 Å². The zero-order valence-electron chi connectivity index (χ0n) is 11.3. The first kappa shape index (κ1) is 15.9. The van der Waals surface area contributed by atoms with Crippen molar-refractivity contribution in [1.29, 1.82) is 0 Å². The first-order valence-electron chi connectivity index (χ1n) is 6.56. The average Bonchev–Trinajstić information content (AvgIpc) is 2.44. The molecule has 0 amide bonds. The van der Waals surface area contributed by atoms with Gasteiger partial charge in [0.15, 0.2) is 0 Å². The van der Waals surface area contributed by atoms with E-state index in [2.05, 4.69) is 41.1 Å². The van der Waals surface area contributed by atoms with E-state index in [-0.39, 0.29) is 6.04 Å². The third-order valence-electron chi connectivity index (χ3n) is 3.09. The van der Waals surface area contributed by atoms with E-state index in [1.807, 2.05) is 24.3 Å². The molecule has 0 bridgehead atoms. The number of benzene rings is 2. The molecule has 0 aromatic heterocycles. The lowest BCUT2D eigenvalue weighted by Crippen LogP contribution is -2.21. The lowest BCUT2D eigenvalue weighted by molar-refractivity contribution is 0.641. The molecule has 1 nitrogen and oxygen atoms in total. The molecule has 0 saturated carbocycles. The van der Waals surface area contributed by atoms with Crippen LogP contribution in [-0.2, 0) is 6.42 Å².